The van der Waals surface area contributed by atoms with Crippen molar-refractivity contribution in [1.29, 1.82) is 0 Å². The lowest BCUT2D eigenvalue weighted by Crippen LogP contribution is -2.30. The second kappa shape index (κ2) is 7.70. The van der Waals surface area contributed by atoms with Crippen LogP contribution in [0.25, 0.3) is 5.65 Å². The first kappa shape index (κ1) is 17.5. The molecule has 3 rings (SSSR count). The molecule has 1 atom stereocenters. The van der Waals surface area contributed by atoms with E-state index in [1.165, 1.54) is 5.56 Å². The van der Waals surface area contributed by atoms with Crippen molar-refractivity contribution < 1.29 is 4.79 Å². The molecular weight excluding hydrogens is 334 g/mol. The Kier molecular flexibility index (Phi) is 5.39. The fourth-order valence-electron chi connectivity index (χ4n) is 3.02. The molecule has 0 fully saturated rings. The number of nitrogens with zero attached hydrogens (tertiary/aromatic N) is 2. The van der Waals surface area contributed by atoms with E-state index in [-0.39, 0.29) is 11.8 Å². The van der Waals surface area contributed by atoms with Crippen molar-refractivity contribution >= 4 is 23.2 Å². The minimum absolute atomic E-state index is 0.111. The van der Waals surface area contributed by atoms with Crippen LogP contribution in [-0.4, -0.2) is 21.8 Å². The number of aromatic nitrogens is 2. The van der Waals surface area contributed by atoms with Gasteiger partial charge in [-0.05, 0) is 42.2 Å². The van der Waals surface area contributed by atoms with Crippen molar-refractivity contribution in [3.05, 3.63) is 71.1 Å². The molecule has 5 heteroatoms. The Hall–Kier alpha value is -2.33. The van der Waals surface area contributed by atoms with Crippen molar-refractivity contribution in [2.75, 3.05) is 6.54 Å². The highest BCUT2D eigenvalue weighted by Gasteiger charge is 2.16. The molecular formula is C20H21ClN3O. The summed E-state index contributed by atoms with van der Waals surface area (Å²) in [4.78, 5) is 16.7. The number of amides is 1. The Morgan fingerprint density at radius 2 is 2.00 bits per heavy atom. The van der Waals surface area contributed by atoms with Crippen LogP contribution in [0.5, 0.6) is 0 Å². The number of nitrogens with one attached hydrogen (secondary N) is 1. The molecule has 1 unspecified atom stereocenters. The maximum atomic E-state index is 12.6. The maximum absolute atomic E-state index is 12.6. The summed E-state index contributed by atoms with van der Waals surface area (Å²) in [5.74, 6) is 0.666. The van der Waals surface area contributed by atoms with Gasteiger partial charge in [0.1, 0.15) is 17.5 Å². The zero-order chi connectivity index (χ0) is 17.8. The third-order valence-electron chi connectivity index (χ3n) is 4.21. The molecule has 1 amide bonds. The number of imidazole rings is 1. The van der Waals surface area contributed by atoms with Gasteiger partial charge in [0.25, 0.3) is 5.91 Å². The van der Waals surface area contributed by atoms with Gasteiger partial charge >= 0.3 is 0 Å². The fourth-order valence-corrected chi connectivity index (χ4v) is 3.15. The standard InChI is InChI=1S/C20H21ClN3O/c1-14(2)12-16(15-6-8-17(21)9-7-15)13-23-20(25)18-4-3-5-19-22-10-11-24(18)19/h3-9,11,14,16H,12-13H2,1-2H3,(H,23,25). The van der Waals surface area contributed by atoms with E-state index in [1.54, 1.807) is 16.7 Å². The molecule has 0 spiro atoms. The predicted octanol–water partition coefficient (Wildman–Crippen LogP) is 4.35. The Labute approximate surface area is 152 Å². The van der Waals surface area contributed by atoms with Gasteiger partial charge in [0.2, 0.25) is 0 Å². The monoisotopic (exact) mass is 354 g/mol. The van der Waals surface area contributed by atoms with Gasteiger partial charge in [0.05, 0.1) is 0 Å². The number of halogens is 1. The molecule has 2 aromatic heterocycles. The molecule has 0 aliphatic carbocycles. The van der Waals surface area contributed by atoms with Crippen molar-refractivity contribution in [2.24, 2.45) is 5.92 Å². The van der Waals surface area contributed by atoms with E-state index in [4.69, 9.17) is 11.6 Å². The molecule has 1 radical (unpaired) electrons. The Morgan fingerprint density at radius 3 is 2.72 bits per heavy atom. The van der Waals surface area contributed by atoms with E-state index in [0.29, 0.717) is 23.8 Å². The van der Waals surface area contributed by atoms with Crippen LogP contribution >= 0.6 is 11.6 Å². The summed E-state index contributed by atoms with van der Waals surface area (Å²) >= 11 is 5.99. The van der Waals surface area contributed by atoms with Crippen molar-refractivity contribution in [3.8, 4) is 0 Å². The fraction of sp³-hybridized carbons (Fsp3) is 0.300. The van der Waals surface area contributed by atoms with Gasteiger partial charge in [0.15, 0.2) is 0 Å². The molecule has 0 aliphatic heterocycles. The molecule has 25 heavy (non-hydrogen) atoms. The van der Waals surface area contributed by atoms with Gasteiger partial charge in [-0.15, -0.1) is 0 Å². The molecule has 1 N–H and O–H groups in total. The topological polar surface area (TPSA) is 46.4 Å². The predicted molar refractivity (Wildman–Crippen MR) is 100 cm³/mol. The quantitative estimate of drug-likeness (QED) is 0.715. The lowest BCUT2D eigenvalue weighted by atomic mass is 9.90. The van der Waals surface area contributed by atoms with Gasteiger partial charge in [0, 0.05) is 23.7 Å². The number of pyridine rings is 1. The Balaban J connectivity index is 1.75. The number of hydrogen-bond donors (Lipinski definition) is 1. The number of carbonyl (C=O) groups excluding carboxylic acids is 1. The van der Waals surface area contributed by atoms with Gasteiger partial charge in [-0.1, -0.05) is 43.6 Å². The van der Waals surface area contributed by atoms with E-state index in [1.807, 2.05) is 36.4 Å². The van der Waals surface area contributed by atoms with Gasteiger partial charge in [-0.3, -0.25) is 9.20 Å². The van der Waals surface area contributed by atoms with Crippen molar-refractivity contribution in [2.45, 2.75) is 26.2 Å². The van der Waals surface area contributed by atoms with E-state index < -0.39 is 0 Å². The highest BCUT2D eigenvalue weighted by atomic mass is 35.5. The van der Waals surface area contributed by atoms with Crippen LogP contribution in [-0.2, 0) is 0 Å². The van der Waals surface area contributed by atoms with Crippen molar-refractivity contribution in [1.82, 2.24) is 14.7 Å². The number of carbonyl (C=O) groups is 1. The molecule has 2 heterocycles. The summed E-state index contributed by atoms with van der Waals surface area (Å²) in [7, 11) is 0. The summed E-state index contributed by atoms with van der Waals surface area (Å²) in [6.45, 7) is 4.95. The van der Waals surface area contributed by atoms with Crippen LogP contribution in [0.15, 0.2) is 48.7 Å². The highest BCUT2D eigenvalue weighted by Crippen LogP contribution is 2.24. The van der Waals surface area contributed by atoms with Gasteiger partial charge in [-0.25, -0.2) is 4.98 Å². The second-order valence-corrected chi connectivity index (χ2v) is 7.03. The van der Waals surface area contributed by atoms with Crippen LogP contribution in [0.2, 0.25) is 5.02 Å². The first-order chi connectivity index (χ1) is 12.0. The summed E-state index contributed by atoms with van der Waals surface area (Å²) in [6, 6.07) is 13.3. The summed E-state index contributed by atoms with van der Waals surface area (Å²) in [5, 5.41) is 3.79. The third kappa shape index (κ3) is 4.20. The summed E-state index contributed by atoms with van der Waals surface area (Å²) in [5.41, 5.74) is 2.46. The third-order valence-corrected chi connectivity index (χ3v) is 4.46. The first-order valence-electron chi connectivity index (χ1n) is 8.42. The molecule has 0 aliphatic rings. The molecule has 1 aromatic carbocycles. The normalized spacial score (nSPS) is 12.5. The van der Waals surface area contributed by atoms with Crippen LogP contribution in [0.1, 0.15) is 42.2 Å². The first-order valence-corrected chi connectivity index (χ1v) is 8.80. The molecule has 0 saturated carbocycles. The number of fused-ring (bicyclic) bond motifs is 1. The molecule has 4 nitrogen and oxygen atoms in total. The molecule has 0 bridgehead atoms. The molecule has 129 valence electrons. The van der Waals surface area contributed by atoms with Crippen LogP contribution < -0.4 is 5.32 Å². The second-order valence-electron chi connectivity index (χ2n) is 6.60. The molecule has 3 aromatic rings. The SMILES string of the molecule is CC(C)CC(CNC(=O)c1cccc2n[c]cn12)c1ccc(Cl)cc1. The minimum Gasteiger partial charge on any atom is -0.350 e. The average molecular weight is 355 g/mol. The van der Waals surface area contributed by atoms with E-state index in [9.17, 15) is 4.79 Å². The lowest BCUT2D eigenvalue weighted by molar-refractivity contribution is 0.0943. The lowest BCUT2D eigenvalue weighted by Gasteiger charge is -2.20. The van der Waals surface area contributed by atoms with Gasteiger partial charge < -0.3 is 5.32 Å². The van der Waals surface area contributed by atoms with E-state index in [0.717, 1.165) is 11.4 Å². The minimum atomic E-state index is -0.111. The number of benzene rings is 1. The molecule has 0 saturated heterocycles. The summed E-state index contributed by atoms with van der Waals surface area (Å²) in [6.07, 6.45) is 5.44. The zero-order valence-corrected chi connectivity index (χ0v) is 15.1. The largest absolute Gasteiger partial charge is 0.350 e. The Bertz CT molecular complexity index is 855. The van der Waals surface area contributed by atoms with Crippen LogP contribution in [0, 0.1) is 12.1 Å². The van der Waals surface area contributed by atoms with Crippen LogP contribution in [0.4, 0.5) is 0 Å². The average Bonchev–Trinajstić information content (AvgIpc) is 3.07. The smallest absolute Gasteiger partial charge is 0.268 e. The van der Waals surface area contributed by atoms with Gasteiger partial charge in [-0.2, -0.15) is 0 Å². The van der Waals surface area contributed by atoms with Crippen molar-refractivity contribution in [3.63, 3.8) is 0 Å². The number of rotatable bonds is 6. The van der Waals surface area contributed by atoms with E-state index in [2.05, 4.69) is 30.3 Å². The maximum Gasteiger partial charge on any atom is 0.268 e. The Morgan fingerprint density at radius 1 is 1.24 bits per heavy atom. The summed E-state index contributed by atoms with van der Waals surface area (Å²) < 4.78 is 1.75. The van der Waals surface area contributed by atoms with E-state index >= 15 is 0 Å². The highest BCUT2D eigenvalue weighted by molar-refractivity contribution is 6.30. The van der Waals surface area contributed by atoms with Crippen LogP contribution in [0.3, 0.4) is 0 Å². The number of hydrogen-bond acceptors (Lipinski definition) is 2. The zero-order valence-electron chi connectivity index (χ0n) is 14.4.